The molecule has 3 aliphatic heterocycles. The van der Waals surface area contributed by atoms with Crippen molar-refractivity contribution in [2.75, 3.05) is 33.4 Å². The SMILES string of the molecule is COc1ccc2c(c1)/C(=C/CCN1CCC3(CC1)OCCc1ccccc13)c1cccnc1CO2. The van der Waals surface area contributed by atoms with Crippen LogP contribution in [0.3, 0.4) is 0 Å². The molecule has 35 heavy (non-hydrogen) atoms. The van der Waals surface area contributed by atoms with Crippen LogP contribution >= 0.6 is 0 Å². The summed E-state index contributed by atoms with van der Waals surface area (Å²) in [5, 5.41) is 0. The third-order valence-electron chi connectivity index (χ3n) is 7.74. The zero-order valence-electron chi connectivity index (χ0n) is 20.3. The number of pyridine rings is 1. The lowest BCUT2D eigenvalue weighted by Crippen LogP contribution is -2.46. The molecule has 1 aromatic heterocycles. The maximum atomic E-state index is 6.42. The molecule has 180 valence electrons. The molecule has 0 saturated carbocycles. The van der Waals surface area contributed by atoms with Gasteiger partial charge in [-0.2, -0.15) is 0 Å². The number of piperidine rings is 1. The highest BCUT2D eigenvalue weighted by atomic mass is 16.5. The minimum Gasteiger partial charge on any atom is -0.497 e. The topological polar surface area (TPSA) is 43.8 Å². The third kappa shape index (κ3) is 4.24. The summed E-state index contributed by atoms with van der Waals surface area (Å²) in [6, 6.07) is 19.0. The van der Waals surface area contributed by atoms with E-state index in [1.165, 1.54) is 16.7 Å². The van der Waals surface area contributed by atoms with Gasteiger partial charge in [-0.15, -0.1) is 0 Å². The van der Waals surface area contributed by atoms with Crippen molar-refractivity contribution in [2.45, 2.75) is 37.9 Å². The first-order valence-electron chi connectivity index (χ1n) is 12.7. The monoisotopic (exact) mass is 468 g/mol. The van der Waals surface area contributed by atoms with Gasteiger partial charge in [0.1, 0.15) is 18.1 Å². The molecule has 1 saturated heterocycles. The van der Waals surface area contributed by atoms with Gasteiger partial charge < -0.3 is 19.1 Å². The van der Waals surface area contributed by atoms with Crippen molar-refractivity contribution in [2.24, 2.45) is 0 Å². The standard InChI is InChI=1S/C30H32N2O3/c1-33-23-10-11-29-26(20-23)24(25-7-4-15-31-28(25)21-34-29)8-5-16-32-17-13-30(14-18-32)27-9-3-2-6-22(27)12-19-35-30/h2-4,6-11,15,20H,5,12-14,16-19,21H2,1H3/b24-8+. The number of aromatic nitrogens is 1. The Bertz CT molecular complexity index is 1240. The Morgan fingerprint density at radius 3 is 2.83 bits per heavy atom. The van der Waals surface area contributed by atoms with Gasteiger partial charge in [-0.1, -0.05) is 36.4 Å². The second-order valence-corrected chi connectivity index (χ2v) is 9.65. The first-order valence-corrected chi connectivity index (χ1v) is 12.7. The number of hydrogen-bond acceptors (Lipinski definition) is 5. The fourth-order valence-corrected chi connectivity index (χ4v) is 5.84. The lowest BCUT2D eigenvalue weighted by molar-refractivity contribution is -0.0976. The fraction of sp³-hybridized carbons (Fsp3) is 0.367. The highest BCUT2D eigenvalue weighted by Crippen LogP contribution is 2.42. The summed E-state index contributed by atoms with van der Waals surface area (Å²) in [6.07, 6.45) is 8.30. The fourth-order valence-electron chi connectivity index (χ4n) is 5.84. The number of methoxy groups -OCH3 is 1. The van der Waals surface area contributed by atoms with Crippen molar-refractivity contribution >= 4 is 5.57 Å². The number of benzene rings is 2. The van der Waals surface area contributed by atoms with Crippen molar-refractivity contribution < 1.29 is 14.2 Å². The maximum Gasteiger partial charge on any atom is 0.131 e. The number of ether oxygens (including phenoxy) is 3. The summed E-state index contributed by atoms with van der Waals surface area (Å²) in [7, 11) is 1.70. The smallest absolute Gasteiger partial charge is 0.131 e. The van der Waals surface area contributed by atoms with Crippen molar-refractivity contribution in [3.05, 3.63) is 94.8 Å². The molecule has 0 aliphatic carbocycles. The average Bonchev–Trinajstić information content (AvgIpc) is 3.07. The molecular formula is C30H32N2O3. The molecule has 2 aromatic carbocycles. The minimum atomic E-state index is -0.0947. The van der Waals surface area contributed by atoms with E-state index < -0.39 is 0 Å². The van der Waals surface area contributed by atoms with Crippen LogP contribution in [0, 0.1) is 0 Å². The van der Waals surface area contributed by atoms with Crippen molar-refractivity contribution in [3.8, 4) is 11.5 Å². The molecule has 1 fully saturated rings. The molecule has 0 radical (unpaired) electrons. The van der Waals surface area contributed by atoms with Crippen LogP contribution in [0.4, 0.5) is 0 Å². The lowest BCUT2D eigenvalue weighted by Gasteiger charge is -2.45. The normalized spacial score (nSPS) is 19.9. The van der Waals surface area contributed by atoms with Crippen molar-refractivity contribution in [1.82, 2.24) is 9.88 Å². The van der Waals surface area contributed by atoms with E-state index >= 15 is 0 Å². The van der Waals surface area contributed by atoms with E-state index in [9.17, 15) is 0 Å². The summed E-state index contributed by atoms with van der Waals surface area (Å²) >= 11 is 0. The van der Waals surface area contributed by atoms with Gasteiger partial charge in [0.2, 0.25) is 0 Å². The van der Waals surface area contributed by atoms with Crippen LogP contribution in [-0.2, 0) is 23.4 Å². The second-order valence-electron chi connectivity index (χ2n) is 9.65. The van der Waals surface area contributed by atoms with Crippen LogP contribution in [0.15, 0.2) is 66.9 Å². The first kappa shape index (κ1) is 22.3. The lowest BCUT2D eigenvalue weighted by atomic mass is 9.79. The van der Waals surface area contributed by atoms with E-state index in [0.717, 1.165) is 80.2 Å². The van der Waals surface area contributed by atoms with Gasteiger partial charge in [0.25, 0.3) is 0 Å². The molecule has 3 aromatic rings. The number of likely N-dealkylation sites (tertiary alicyclic amines) is 1. The van der Waals surface area contributed by atoms with Crippen LogP contribution in [0.1, 0.15) is 47.2 Å². The summed E-state index contributed by atoms with van der Waals surface area (Å²) in [5.41, 5.74) is 7.16. The quantitative estimate of drug-likeness (QED) is 0.515. The molecule has 4 heterocycles. The van der Waals surface area contributed by atoms with Crippen LogP contribution in [0.5, 0.6) is 11.5 Å². The van der Waals surface area contributed by atoms with E-state index in [0.29, 0.717) is 6.61 Å². The molecule has 0 unspecified atom stereocenters. The average molecular weight is 469 g/mol. The Hall–Kier alpha value is -3.15. The van der Waals surface area contributed by atoms with E-state index in [4.69, 9.17) is 14.2 Å². The van der Waals surface area contributed by atoms with Gasteiger partial charge in [-0.25, -0.2) is 0 Å². The van der Waals surface area contributed by atoms with E-state index in [1.807, 2.05) is 24.4 Å². The highest BCUT2D eigenvalue weighted by Gasteiger charge is 2.40. The molecule has 6 rings (SSSR count). The van der Waals surface area contributed by atoms with Gasteiger partial charge in [0.15, 0.2) is 0 Å². The molecule has 5 nitrogen and oxygen atoms in total. The number of nitrogens with zero attached hydrogens (tertiary/aromatic N) is 2. The van der Waals surface area contributed by atoms with Gasteiger partial charge >= 0.3 is 0 Å². The van der Waals surface area contributed by atoms with Crippen molar-refractivity contribution in [1.29, 1.82) is 0 Å². The number of rotatable bonds is 4. The minimum absolute atomic E-state index is 0.0947. The van der Waals surface area contributed by atoms with Gasteiger partial charge in [-0.3, -0.25) is 4.98 Å². The Morgan fingerprint density at radius 1 is 1.06 bits per heavy atom. The summed E-state index contributed by atoms with van der Waals surface area (Å²) in [4.78, 5) is 7.17. The Labute approximate surface area is 207 Å². The molecular weight excluding hydrogens is 436 g/mol. The van der Waals surface area contributed by atoms with Gasteiger partial charge in [-0.05, 0) is 66.6 Å². The molecule has 5 heteroatoms. The predicted octanol–water partition coefficient (Wildman–Crippen LogP) is 5.37. The molecule has 0 atom stereocenters. The Kier molecular flexibility index (Phi) is 6.05. The summed E-state index contributed by atoms with van der Waals surface area (Å²) in [6.45, 7) is 4.45. The molecule has 0 bridgehead atoms. The largest absolute Gasteiger partial charge is 0.497 e. The van der Waals surface area contributed by atoms with Crippen LogP contribution in [0.2, 0.25) is 0 Å². The number of fused-ring (bicyclic) bond motifs is 4. The Morgan fingerprint density at radius 2 is 1.94 bits per heavy atom. The predicted molar refractivity (Wildman–Crippen MR) is 137 cm³/mol. The third-order valence-corrected chi connectivity index (χ3v) is 7.74. The highest BCUT2D eigenvalue weighted by molar-refractivity contribution is 5.85. The molecule has 3 aliphatic rings. The molecule has 0 N–H and O–H groups in total. The Balaban J connectivity index is 1.20. The van der Waals surface area contributed by atoms with E-state index in [1.54, 1.807) is 7.11 Å². The van der Waals surface area contributed by atoms with Crippen molar-refractivity contribution in [3.63, 3.8) is 0 Å². The van der Waals surface area contributed by atoms with Crippen LogP contribution in [-0.4, -0.2) is 43.2 Å². The van der Waals surface area contributed by atoms with Gasteiger partial charge in [0, 0.05) is 37.0 Å². The van der Waals surface area contributed by atoms with Crippen LogP contribution < -0.4 is 9.47 Å². The maximum absolute atomic E-state index is 6.42. The van der Waals surface area contributed by atoms with E-state index in [-0.39, 0.29) is 5.60 Å². The summed E-state index contributed by atoms with van der Waals surface area (Å²) < 4.78 is 18.1. The summed E-state index contributed by atoms with van der Waals surface area (Å²) in [5.74, 6) is 1.71. The zero-order valence-corrected chi connectivity index (χ0v) is 20.3. The second kappa shape index (κ2) is 9.48. The first-order chi connectivity index (χ1) is 17.3. The number of hydrogen-bond donors (Lipinski definition) is 0. The zero-order chi connectivity index (χ0) is 23.7. The van der Waals surface area contributed by atoms with E-state index in [2.05, 4.69) is 52.4 Å². The van der Waals surface area contributed by atoms with Gasteiger partial charge in [0.05, 0.1) is 25.0 Å². The van der Waals surface area contributed by atoms with Crippen LogP contribution in [0.25, 0.3) is 5.57 Å². The molecule has 1 spiro atoms. The molecule has 0 amide bonds.